The summed E-state index contributed by atoms with van der Waals surface area (Å²) in [5, 5.41) is 0. The van der Waals surface area contributed by atoms with E-state index in [1.54, 1.807) is 92.9 Å². The average molecular weight is 926 g/mol. The summed E-state index contributed by atoms with van der Waals surface area (Å²) in [6.45, 7) is 41.9. The molecule has 0 spiro atoms. The van der Waals surface area contributed by atoms with Crippen LogP contribution in [0.1, 0.15) is 332 Å². The number of terminal acetylenes is 6. The maximum Gasteiger partial charge on any atom is -0.00297 e. The van der Waals surface area contributed by atoms with Gasteiger partial charge in [0.25, 0.3) is 0 Å². The molecule has 6 aliphatic carbocycles. The first kappa shape index (κ1) is 93.4. The predicted molar refractivity (Wildman–Crippen MR) is 321 cm³/mol. The molecule has 0 aromatic heterocycles. The van der Waals surface area contributed by atoms with E-state index in [1.807, 2.05) is 111 Å². The zero-order chi connectivity index (χ0) is 54.4. The molecule has 0 radical (unpaired) electrons. The third-order valence-electron chi connectivity index (χ3n) is 9.93. The minimum atomic E-state index is 1.16. The van der Waals surface area contributed by atoms with Crippen LogP contribution in [0.5, 0.6) is 0 Å². The van der Waals surface area contributed by atoms with Crippen molar-refractivity contribution in [1.82, 2.24) is 0 Å². The maximum atomic E-state index is 4.60. The molecular formula is C66H132. The lowest BCUT2D eigenvalue weighted by Crippen LogP contribution is -2.22. The number of hydrogen-bond donors (Lipinski definition) is 0. The van der Waals surface area contributed by atoms with Gasteiger partial charge in [-0.1, -0.05) is 291 Å². The minimum Gasteiger partial charge on any atom is -0.120 e. The molecule has 6 aliphatic rings. The molecule has 0 heteroatoms. The van der Waals surface area contributed by atoms with Crippen LogP contribution in [-0.2, 0) is 0 Å². The fourth-order valence-electron chi connectivity index (χ4n) is 7.84. The molecule has 6 fully saturated rings. The molecule has 0 N–H and O–H groups in total. The van der Waals surface area contributed by atoms with Gasteiger partial charge in [0.15, 0.2) is 0 Å². The topological polar surface area (TPSA) is 0 Å². The Labute approximate surface area is 428 Å². The van der Waals surface area contributed by atoms with E-state index in [-0.39, 0.29) is 0 Å². The highest BCUT2D eigenvalue weighted by Gasteiger charge is 2.27. The highest BCUT2D eigenvalue weighted by molar-refractivity contribution is 4.80. The molecule has 0 nitrogen and oxygen atoms in total. The minimum absolute atomic E-state index is 1.16. The second kappa shape index (κ2) is 125. The Morgan fingerprint density at radius 3 is 0.303 bits per heavy atom. The van der Waals surface area contributed by atoms with Gasteiger partial charge in [0.2, 0.25) is 0 Å². The Kier molecular flexibility index (Phi) is 177. The van der Waals surface area contributed by atoms with Crippen molar-refractivity contribution in [3.8, 4) is 74.1 Å². The van der Waals surface area contributed by atoms with E-state index in [4.69, 9.17) is 0 Å². The summed E-state index contributed by atoms with van der Waals surface area (Å²) >= 11 is 0. The smallest absolute Gasteiger partial charge is 0.00297 e. The highest BCUT2D eigenvalue weighted by Crippen LogP contribution is 2.41. The molecule has 0 heterocycles. The Bertz CT molecular complexity index is 677. The van der Waals surface area contributed by atoms with E-state index >= 15 is 0 Å². The van der Waals surface area contributed by atoms with Gasteiger partial charge in [-0.15, -0.1) is 74.1 Å². The summed E-state index contributed by atoms with van der Waals surface area (Å²) < 4.78 is 0. The normalized spacial score (nSPS) is 18.2. The summed E-state index contributed by atoms with van der Waals surface area (Å²) in [5.41, 5.74) is 0. The monoisotopic (exact) mass is 925 g/mol. The molecule has 0 aromatic carbocycles. The van der Waals surface area contributed by atoms with Crippen molar-refractivity contribution in [2.75, 3.05) is 0 Å². The summed E-state index contributed by atoms with van der Waals surface area (Å²) in [5.74, 6) is 18.1. The van der Waals surface area contributed by atoms with Gasteiger partial charge < -0.3 is 0 Å². The molecule has 0 amide bonds. The van der Waals surface area contributed by atoms with Crippen LogP contribution in [0.15, 0.2) is 0 Å². The zero-order valence-electron chi connectivity index (χ0n) is 50.6. The van der Waals surface area contributed by atoms with Gasteiger partial charge in [-0.25, -0.2) is 0 Å². The van der Waals surface area contributed by atoms with Crippen LogP contribution in [-0.4, -0.2) is 0 Å². The van der Waals surface area contributed by atoms with Crippen molar-refractivity contribution in [2.24, 2.45) is 23.7 Å². The Hall–Kier alpha value is -2.64. The molecule has 0 saturated heterocycles. The van der Waals surface area contributed by atoms with Crippen LogP contribution in [0, 0.1) is 97.7 Å². The highest BCUT2D eigenvalue weighted by atomic mass is 14.3. The maximum absolute atomic E-state index is 4.60. The van der Waals surface area contributed by atoms with Crippen LogP contribution >= 0.6 is 0 Å². The first-order valence-electron chi connectivity index (χ1n) is 28.7. The van der Waals surface area contributed by atoms with E-state index in [0.717, 1.165) is 23.7 Å². The standard InChI is InChI=1S/2C10H18.2C6H12.6C3H4.8C2H6/c2*1-2-6-10-8-4-3-7-9(10)5-1;2*1-2-4-6-5-3-1;6*1-3-2;8*1-2/h2*9-10H,1-8H2;2*1-6H2;6*1H,2H3;8*1-2H3. The SMILES string of the molecule is C#CC.C#CC.C#CC.C#CC.C#CC.C#CC.C1CCC2CCCCC2C1.C1CCC2CCCCC2C1.C1CCCCC1.C1CCCCC1.CC.CC.CC.CC.CC.CC.CC.CC. The second-order valence-corrected chi connectivity index (χ2v) is 14.2. The van der Waals surface area contributed by atoms with Gasteiger partial charge in [-0.05, 0) is 65.2 Å². The number of hydrogen-bond acceptors (Lipinski definition) is 0. The van der Waals surface area contributed by atoms with Crippen LogP contribution in [0.25, 0.3) is 0 Å². The fraction of sp³-hybridized carbons (Fsp3) is 0.818. The van der Waals surface area contributed by atoms with Crippen molar-refractivity contribution >= 4 is 0 Å². The first-order valence-corrected chi connectivity index (χ1v) is 28.7. The van der Waals surface area contributed by atoms with Crippen LogP contribution in [0.2, 0.25) is 0 Å². The quantitative estimate of drug-likeness (QED) is 0.212. The third kappa shape index (κ3) is 109. The lowest BCUT2D eigenvalue weighted by atomic mass is 9.71. The molecule has 6 rings (SSSR count). The molecule has 396 valence electrons. The van der Waals surface area contributed by atoms with Gasteiger partial charge >= 0.3 is 0 Å². The van der Waals surface area contributed by atoms with Crippen LogP contribution in [0.4, 0.5) is 0 Å². The summed E-state index contributed by atoms with van der Waals surface area (Å²) in [7, 11) is 0. The van der Waals surface area contributed by atoms with Gasteiger partial charge in [-0.3, -0.25) is 0 Å². The lowest BCUT2D eigenvalue weighted by molar-refractivity contribution is 0.171. The molecule has 6 saturated carbocycles. The lowest BCUT2D eigenvalue weighted by Gasteiger charge is -2.35. The molecule has 0 aliphatic heterocycles. The van der Waals surface area contributed by atoms with Gasteiger partial charge in [0.1, 0.15) is 0 Å². The molecular weight excluding hydrogens is 793 g/mol. The van der Waals surface area contributed by atoms with Crippen molar-refractivity contribution in [2.45, 2.75) is 332 Å². The van der Waals surface area contributed by atoms with Crippen LogP contribution in [0.3, 0.4) is 0 Å². The summed E-state index contributed by atoms with van der Waals surface area (Å²) in [6, 6.07) is 0. The van der Waals surface area contributed by atoms with Gasteiger partial charge in [-0.2, -0.15) is 0 Å². The van der Waals surface area contributed by atoms with Gasteiger partial charge in [0, 0.05) is 0 Å². The van der Waals surface area contributed by atoms with Gasteiger partial charge in [0.05, 0.1) is 0 Å². The Morgan fingerprint density at radius 1 is 0.182 bits per heavy atom. The Morgan fingerprint density at radius 2 is 0.242 bits per heavy atom. The van der Waals surface area contributed by atoms with Crippen molar-refractivity contribution < 1.29 is 0 Å². The van der Waals surface area contributed by atoms with Crippen molar-refractivity contribution in [3.63, 3.8) is 0 Å². The molecule has 0 unspecified atom stereocenters. The Balaban J connectivity index is -0.0000000490. The molecule has 0 bridgehead atoms. The number of fused-ring (bicyclic) bond motifs is 2. The van der Waals surface area contributed by atoms with E-state index in [0.29, 0.717) is 0 Å². The van der Waals surface area contributed by atoms with Crippen molar-refractivity contribution in [1.29, 1.82) is 0 Å². The predicted octanol–water partition coefficient (Wildman–Crippen LogP) is 23.5. The second-order valence-electron chi connectivity index (χ2n) is 14.2. The van der Waals surface area contributed by atoms with E-state index < -0.39 is 0 Å². The number of rotatable bonds is 0. The first-order chi connectivity index (χ1) is 32.4. The van der Waals surface area contributed by atoms with Crippen molar-refractivity contribution in [3.05, 3.63) is 0 Å². The van der Waals surface area contributed by atoms with E-state index in [2.05, 4.69) is 74.1 Å². The summed E-state index contributed by atoms with van der Waals surface area (Å²) in [6.07, 6.45) is 70.3. The largest absolute Gasteiger partial charge is 0.120 e. The van der Waals surface area contributed by atoms with E-state index in [9.17, 15) is 0 Å². The molecule has 66 heavy (non-hydrogen) atoms. The van der Waals surface area contributed by atoms with E-state index in [1.165, 1.54) is 128 Å². The molecule has 0 atom stereocenters. The average Bonchev–Trinajstić information content (AvgIpc) is 3.42. The zero-order valence-corrected chi connectivity index (χ0v) is 50.6. The third-order valence-corrected chi connectivity index (χ3v) is 9.93. The fourth-order valence-corrected chi connectivity index (χ4v) is 7.84. The summed E-state index contributed by atoms with van der Waals surface area (Å²) in [4.78, 5) is 0. The molecule has 0 aromatic rings. The van der Waals surface area contributed by atoms with Crippen LogP contribution < -0.4 is 0 Å².